The minimum atomic E-state index is -0.195. The van der Waals surface area contributed by atoms with Crippen LogP contribution < -0.4 is 5.73 Å². The first-order chi connectivity index (χ1) is 7.70. The fraction of sp³-hybridized carbons (Fsp3) is 0.917. The summed E-state index contributed by atoms with van der Waals surface area (Å²) < 4.78 is 5.46. The molecule has 0 aromatic carbocycles. The Morgan fingerprint density at radius 1 is 1.35 bits per heavy atom. The van der Waals surface area contributed by atoms with E-state index in [-0.39, 0.29) is 36.5 Å². The van der Waals surface area contributed by atoms with Crippen molar-refractivity contribution in [3.05, 3.63) is 0 Å². The average molecular weight is 263 g/mol. The molecule has 0 aromatic heterocycles. The molecule has 2 fully saturated rings. The Morgan fingerprint density at radius 3 is 2.71 bits per heavy atom. The number of hydrogen-bond donors (Lipinski definition) is 1. The molecule has 0 aliphatic carbocycles. The van der Waals surface area contributed by atoms with Crippen LogP contribution in [-0.4, -0.2) is 42.1 Å². The van der Waals surface area contributed by atoms with Gasteiger partial charge in [0.1, 0.15) is 6.10 Å². The molecule has 2 saturated heterocycles. The van der Waals surface area contributed by atoms with Gasteiger partial charge in [-0.3, -0.25) is 4.79 Å². The molecule has 0 saturated carbocycles. The minimum absolute atomic E-state index is 0. The zero-order chi connectivity index (χ0) is 11.5. The van der Waals surface area contributed by atoms with Gasteiger partial charge in [0.2, 0.25) is 0 Å². The molecule has 17 heavy (non-hydrogen) atoms. The van der Waals surface area contributed by atoms with Gasteiger partial charge in [0.05, 0.1) is 0 Å². The van der Waals surface area contributed by atoms with Crippen molar-refractivity contribution in [3.8, 4) is 0 Å². The van der Waals surface area contributed by atoms with Gasteiger partial charge in [0.15, 0.2) is 0 Å². The third-order valence-corrected chi connectivity index (χ3v) is 3.64. The molecular formula is C12H23ClN2O2. The van der Waals surface area contributed by atoms with Gasteiger partial charge in [-0.2, -0.15) is 0 Å². The number of piperidine rings is 1. The van der Waals surface area contributed by atoms with Crippen molar-refractivity contribution in [3.63, 3.8) is 0 Å². The van der Waals surface area contributed by atoms with Crippen LogP contribution in [0, 0.1) is 0 Å². The third-order valence-electron chi connectivity index (χ3n) is 3.64. The molecule has 0 bridgehead atoms. The number of amides is 1. The molecule has 2 heterocycles. The number of ether oxygens (including phenoxy) is 1. The smallest absolute Gasteiger partial charge is 0.252 e. The first kappa shape index (κ1) is 14.7. The van der Waals surface area contributed by atoms with Crippen LogP contribution in [0.4, 0.5) is 0 Å². The van der Waals surface area contributed by atoms with E-state index < -0.39 is 0 Å². The maximum absolute atomic E-state index is 12.3. The standard InChI is InChI=1S/C12H22N2O2.ClH/c1-9(13)10-5-2-3-7-14(10)12(15)11-6-4-8-16-11;/h9-11H,2-8,13H2,1H3;1H/t9?,10?,11-;/m1./s1. The van der Waals surface area contributed by atoms with E-state index in [0.717, 1.165) is 38.8 Å². The summed E-state index contributed by atoms with van der Waals surface area (Å²) in [5, 5.41) is 0. The van der Waals surface area contributed by atoms with Crippen LogP contribution in [0.25, 0.3) is 0 Å². The van der Waals surface area contributed by atoms with Gasteiger partial charge in [-0.15, -0.1) is 12.4 Å². The van der Waals surface area contributed by atoms with Crippen molar-refractivity contribution in [2.45, 2.75) is 57.2 Å². The van der Waals surface area contributed by atoms with E-state index in [1.807, 2.05) is 11.8 Å². The predicted molar refractivity (Wildman–Crippen MR) is 69.2 cm³/mol. The van der Waals surface area contributed by atoms with Crippen LogP contribution in [0.3, 0.4) is 0 Å². The molecule has 2 rings (SSSR count). The fourth-order valence-corrected chi connectivity index (χ4v) is 2.74. The van der Waals surface area contributed by atoms with E-state index in [0.29, 0.717) is 0 Å². The van der Waals surface area contributed by atoms with Crippen molar-refractivity contribution >= 4 is 18.3 Å². The number of likely N-dealkylation sites (tertiary alicyclic amines) is 1. The van der Waals surface area contributed by atoms with Crippen LogP contribution in [0.1, 0.15) is 39.0 Å². The van der Waals surface area contributed by atoms with Gasteiger partial charge in [-0.05, 0) is 39.0 Å². The van der Waals surface area contributed by atoms with Gasteiger partial charge in [0.25, 0.3) is 5.91 Å². The fourth-order valence-electron chi connectivity index (χ4n) is 2.74. The Labute approximate surface area is 109 Å². The molecular weight excluding hydrogens is 240 g/mol. The van der Waals surface area contributed by atoms with E-state index in [1.165, 1.54) is 6.42 Å². The molecule has 4 nitrogen and oxygen atoms in total. The Balaban J connectivity index is 0.00000144. The van der Waals surface area contributed by atoms with E-state index >= 15 is 0 Å². The van der Waals surface area contributed by atoms with Crippen molar-refractivity contribution in [2.24, 2.45) is 5.73 Å². The second kappa shape index (κ2) is 6.57. The first-order valence-corrected chi connectivity index (χ1v) is 6.38. The van der Waals surface area contributed by atoms with Gasteiger partial charge in [0, 0.05) is 25.2 Å². The molecule has 3 atom stereocenters. The second-order valence-electron chi connectivity index (χ2n) is 4.96. The lowest BCUT2D eigenvalue weighted by atomic mass is 9.96. The Bertz CT molecular complexity index is 255. The summed E-state index contributed by atoms with van der Waals surface area (Å²) in [6.45, 7) is 3.57. The highest BCUT2D eigenvalue weighted by Crippen LogP contribution is 2.23. The number of nitrogens with zero attached hydrogens (tertiary/aromatic N) is 1. The monoisotopic (exact) mass is 262 g/mol. The normalized spacial score (nSPS) is 30.8. The zero-order valence-corrected chi connectivity index (χ0v) is 11.2. The lowest BCUT2D eigenvalue weighted by Crippen LogP contribution is -2.54. The minimum Gasteiger partial charge on any atom is -0.368 e. The van der Waals surface area contributed by atoms with Crippen LogP contribution in [0.2, 0.25) is 0 Å². The van der Waals surface area contributed by atoms with Gasteiger partial charge in [-0.1, -0.05) is 0 Å². The summed E-state index contributed by atoms with van der Waals surface area (Å²) in [5.41, 5.74) is 5.96. The van der Waals surface area contributed by atoms with Crippen molar-refractivity contribution in [1.29, 1.82) is 0 Å². The number of rotatable bonds is 2. The maximum atomic E-state index is 12.3. The number of halogens is 1. The lowest BCUT2D eigenvalue weighted by Gasteiger charge is -2.39. The van der Waals surface area contributed by atoms with E-state index in [9.17, 15) is 4.79 Å². The molecule has 100 valence electrons. The van der Waals surface area contributed by atoms with E-state index in [2.05, 4.69) is 0 Å². The first-order valence-electron chi connectivity index (χ1n) is 6.38. The highest BCUT2D eigenvalue weighted by molar-refractivity contribution is 5.85. The quantitative estimate of drug-likeness (QED) is 0.817. The summed E-state index contributed by atoms with van der Waals surface area (Å²) in [4.78, 5) is 14.2. The maximum Gasteiger partial charge on any atom is 0.252 e. The van der Waals surface area contributed by atoms with Gasteiger partial charge < -0.3 is 15.4 Å². The SMILES string of the molecule is CC(N)C1CCCCN1C(=O)[C@H]1CCCO1.Cl. The highest BCUT2D eigenvalue weighted by atomic mass is 35.5. The van der Waals surface area contributed by atoms with Crippen molar-refractivity contribution in [1.82, 2.24) is 4.90 Å². The molecule has 2 N–H and O–H groups in total. The molecule has 2 unspecified atom stereocenters. The number of carbonyl (C=O) groups excluding carboxylic acids is 1. The highest BCUT2D eigenvalue weighted by Gasteiger charge is 2.34. The summed E-state index contributed by atoms with van der Waals surface area (Å²) in [7, 11) is 0. The third kappa shape index (κ3) is 3.33. The molecule has 0 radical (unpaired) electrons. The second-order valence-corrected chi connectivity index (χ2v) is 4.96. The van der Waals surface area contributed by atoms with Crippen LogP contribution in [0.15, 0.2) is 0 Å². The van der Waals surface area contributed by atoms with Crippen molar-refractivity contribution in [2.75, 3.05) is 13.2 Å². The molecule has 2 aliphatic heterocycles. The number of carbonyl (C=O) groups is 1. The predicted octanol–water partition coefficient (Wildman–Crippen LogP) is 1.32. The largest absolute Gasteiger partial charge is 0.368 e. The Kier molecular flexibility index (Phi) is 5.70. The van der Waals surface area contributed by atoms with Gasteiger partial charge in [-0.25, -0.2) is 0 Å². The van der Waals surface area contributed by atoms with Crippen LogP contribution >= 0.6 is 12.4 Å². The summed E-state index contributed by atoms with van der Waals surface area (Å²) in [6, 6.07) is 0.274. The summed E-state index contributed by atoms with van der Waals surface area (Å²) >= 11 is 0. The zero-order valence-electron chi connectivity index (χ0n) is 10.4. The Hall–Kier alpha value is -0.320. The van der Waals surface area contributed by atoms with Crippen LogP contribution in [-0.2, 0) is 9.53 Å². The molecule has 0 spiro atoms. The topological polar surface area (TPSA) is 55.6 Å². The number of hydrogen-bond acceptors (Lipinski definition) is 3. The summed E-state index contributed by atoms with van der Waals surface area (Å²) in [6.07, 6.45) is 5.01. The average Bonchev–Trinajstić information content (AvgIpc) is 2.81. The molecule has 0 aromatic rings. The Morgan fingerprint density at radius 2 is 2.12 bits per heavy atom. The lowest BCUT2D eigenvalue weighted by molar-refractivity contribution is -0.145. The molecule has 2 aliphatic rings. The van der Waals surface area contributed by atoms with Gasteiger partial charge >= 0.3 is 0 Å². The van der Waals surface area contributed by atoms with Crippen LogP contribution in [0.5, 0.6) is 0 Å². The molecule has 1 amide bonds. The van der Waals surface area contributed by atoms with E-state index in [4.69, 9.17) is 10.5 Å². The van der Waals surface area contributed by atoms with E-state index in [1.54, 1.807) is 0 Å². The molecule has 5 heteroatoms. The van der Waals surface area contributed by atoms with Crippen molar-refractivity contribution < 1.29 is 9.53 Å². The number of nitrogens with two attached hydrogens (primary N) is 1. The summed E-state index contributed by atoms with van der Waals surface area (Å²) in [5.74, 6) is 0.166.